The summed E-state index contributed by atoms with van der Waals surface area (Å²) in [6.07, 6.45) is 3.56. The van der Waals surface area contributed by atoms with Gasteiger partial charge in [-0.05, 0) is 6.92 Å². The van der Waals surface area contributed by atoms with E-state index in [1.807, 2.05) is 16.2 Å². The summed E-state index contributed by atoms with van der Waals surface area (Å²) in [6.45, 7) is 2.94. The largest absolute Gasteiger partial charge is 0.319 e. The van der Waals surface area contributed by atoms with E-state index < -0.39 is 0 Å². The molecule has 0 spiro atoms. The van der Waals surface area contributed by atoms with Crippen molar-refractivity contribution in [2.75, 3.05) is 7.05 Å². The second kappa shape index (κ2) is 3.25. The number of fused-ring (bicyclic) bond motifs is 1. The van der Waals surface area contributed by atoms with Crippen LogP contribution in [-0.2, 0) is 13.6 Å². The molecule has 74 valence electrons. The number of imidazole rings is 1. The second-order valence-electron chi connectivity index (χ2n) is 3.11. The van der Waals surface area contributed by atoms with Crippen LogP contribution in [0.1, 0.15) is 6.92 Å². The summed E-state index contributed by atoms with van der Waals surface area (Å²) in [7, 11) is 3.68. The number of aromatic nitrogens is 4. The molecule has 0 saturated heterocycles. The van der Waals surface area contributed by atoms with Gasteiger partial charge in [-0.15, -0.1) is 0 Å². The second-order valence-corrected chi connectivity index (χ2v) is 3.11. The van der Waals surface area contributed by atoms with Crippen LogP contribution in [-0.4, -0.2) is 26.1 Å². The molecule has 0 unspecified atom stereocenters. The van der Waals surface area contributed by atoms with Crippen molar-refractivity contribution in [3.05, 3.63) is 18.1 Å². The van der Waals surface area contributed by atoms with Gasteiger partial charge in [0.1, 0.15) is 0 Å². The van der Waals surface area contributed by atoms with Gasteiger partial charge in [0.25, 0.3) is 0 Å². The topological polar surface area (TPSA) is 48.0 Å². The molecule has 0 aromatic carbocycles. The molecule has 2 aromatic heterocycles. The summed E-state index contributed by atoms with van der Waals surface area (Å²) >= 11 is 0. The van der Waals surface area contributed by atoms with Gasteiger partial charge in [-0.2, -0.15) is 0 Å². The van der Waals surface area contributed by atoms with Crippen LogP contribution in [0.25, 0.3) is 11.2 Å². The van der Waals surface area contributed by atoms with Crippen molar-refractivity contribution in [1.29, 1.82) is 0 Å². The van der Waals surface area contributed by atoms with Gasteiger partial charge in [0.15, 0.2) is 16.7 Å². The quantitative estimate of drug-likeness (QED) is 0.651. The van der Waals surface area contributed by atoms with Gasteiger partial charge in [0.2, 0.25) is 0 Å². The summed E-state index contributed by atoms with van der Waals surface area (Å²) in [4.78, 5) is 12.8. The smallest absolute Gasteiger partial charge is 0.165 e. The summed E-state index contributed by atoms with van der Waals surface area (Å²) in [6, 6.07) is 0. The Balaban J connectivity index is 2.91. The fourth-order valence-electron chi connectivity index (χ4n) is 1.53. The first kappa shape index (κ1) is 8.93. The van der Waals surface area contributed by atoms with Crippen molar-refractivity contribution < 1.29 is 0 Å². The zero-order chi connectivity index (χ0) is 10.1. The number of aryl methyl sites for hydroxylation is 2. The van der Waals surface area contributed by atoms with E-state index in [0.29, 0.717) is 0 Å². The first-order valence-corrected chi connectivity index (χ1v) is 4.57. The summed E-state index contributed by atoms with van der Waals surface area (Å²) in [5.41, 5.74) is 2.62. The van der Waals surface area contributed by atoms with Crippen LogP contribution in [0.2, 0.25) is 0 Å². The minimum Gasteiger partial charge on any atom is -0.319 e. The maximum Gasteiger partial charge on any atom is 0.165 e. The first-order chi connectivity index (χ1) is 6.77. The Bertz CT molecular complexity index is 519. The Morgan fingerprint density at radius 1 is 1.36 bits per heavy atom. The molecule has 0 saturated carbocycles. The Hall–Kier alpha value is -1.65. The van der Waals surface area contributed by atoms with Crippen LogP contribution in [0.3, 0.4) is 0 Å². The van der Waals surface area contributed by atoms with Crippen LogP contribution in [0, 0.1) is 0 Å². The highest BCUT2D eigenvalue weighted by Gasteiger charge is 2.05. The van der Waals surface area contributed by atoms with E-state index >= 15 is 0 Å². The summed E-state index contributed by atoms with van der Waals surface area (Å²) in [5, 5.41) is 0. The molecule has 0 bridgehead atoms. The van der Waals surface area contributed by atoms with Crippen molar-refractivity contribution in [2.24, 2.45) is 12.0 Å². The van der Waals surface area contributed by atoms with Gasteiger partial charge < -0.3 is 9.13 Å². The third-order valence-electron chi connectivity index (χ3n) is 2.26. The molecule has 0 radical (unpaired) electrons. The van der Waals surface area contributed by atoms with Crippen LogP contribution >= 0.6 is 0 Å². The maximum atomic E-state index is 4.32. The molecule has 0 atom stereocenters. The normalized spacial score (nSPS) is 12.6. The standard InChI is InChI=1S/C9H13N5/c1-4-14-6-11-7-8(10-2)13(3)5-12-9(7)14/h5-6H,4H2,1-3H3. The molecule has 0 fully saturated rings. The molecule has 0 aliphatic carbocycles. The van der Waals surface area contributed by atoms with Crippen molar-refractivity contribution in [2.45, 2.75) is 13.5 Å². The monoisotopic (exact) mass is 191 g/mol. The lowest BCUT2D eigenvalue weighted by atomic mass is 10.5. The van der Waals surface area contributed by atoms with Crippen LogP contribution < -0.4 is 5.49 Å². The van der Waals surface area contributed by atoms with Gasteiger partial charge in [-0.1, -0.05) is 0 Å². The molecule has 5 nitrogen and oxygen atoms in total. The molecule has 0 aliphatic heterocycles. The summed E-state index contributed by atoms with van der Waals surface area (Å²) in [5.74, 6) is 0. The van der Waals surface area contributed by atoms with E-state index in [1.165, 1.54) is 0 Å². The van der Waals surface area contributed by atoms with Gasteiger partial charge in [-0.25, -0.2) is 9.97 Å². The Morgan fingerprint density at radius 3 is 2.79 bits per heavy atom. The first-order valence-electron chi connectivity index (χ1n) is 4.57. The van der Waals surface area contributed by atoms with Crippen molar-refractivity contribution in [1.82, 2.24) is 19.1 Å². The SMILES string of the molecule is CCn1cnc2c(=NC)n(C)cnc21. The minimum atomic E-state index is 0.861. The molecule has 14 heavy (non-hydrogen) atoms. The van der Waals surface area contributed by atoms with Crippen molar-refractivity contribution in [3.63, 3.8) is 0 Å². The third kappa shape index (κ3) is 1.13. The van der Waals surface area contributed by atoms with Gasteiger partial charge in [0, 0.05) is 20.6 Å². The zero-order valence-corrected chi connectivity index (χ0v) is 8.60. The van der Waals surface area contributed by atoms with E-state index in [1.54, 1.807) is 19.7 Å². The molecule has 2 aromatic rings. The van der Waals surface area contributed by atoms with E-state index in [4.69, 9.17) is 0 Å². The Kier molecular flexibility index (Phi) is 2.07. The lowest BCUT2D eigenvalue weighted by Crippen LogP contribution is -2.19. The molecule has 2 rings (SSSR count). The molecular formula is C9H13N5. The molecule has 2 heterocycles. The predicted octanol–water partition coefficient (Wildman–Crippen LogP) is 0.320. The predicted molar refractivity (Wildman–Crippen MR) is 53.7 cm³/mol. The Morgan fingerprint density at radius 2 is 2.14 bits per heavy atom. The lowest BCUT2D eigenvalue weighted by Gasteiger charge is -2.00. The number of hydrogen-bond donors (Lipinski definition) is 0. The fraction of sp³-hybridized carbons (Fsp3) is 0.444. The maximum absolute atomic E-state index is 4.32. The van der Waals surface area contributed by atoms with Crippen molar-refractivity contribution >= 4 is 11.2 Å². The molecule has 5 heteroatoms. The van der Waals surface area contributed by atoms with Crippen molar-refractivity contribution in [3.8, 4) is 0 Å². The molecule has 0 amide bonds. The Labute approximate surface area is 81.8 Å². The lowest BCUT2D eigenvalue weighted by molar-refractivity contribution is 0.765. The average molecular weight is 191 g/mol. The van der Waals surface area contributed by atoms with E-state index in [9.17, 15) is 0 Å². The van der Waals surface area contributed by atoms with E-state index in [-0.39, 0.29) is 0 Å². The van der Waals surface area contributed by atoms with Gasteiger partial charge in [0.05, 0.1) is 12.7 Å². The van der Waals surface area contributed by atoms with Crippen LogP contribution in [0.4, 0.5) is 0 Å². The zero-order valence-electron chi connectivity index (χ0n) is 8.60. The van der Waals surface area contributed by atoms with E-state index in [0.717, 1.165) is 23.2 Å². The highest BCUT2D eigenvalue weighted by Crippen LogP contribution is 2.03. The van der Waals surface area contributed by atoms with Gasteiger partial charge in [-0.3, -0.25) is 4.99 Å². The minimum absolute atomic E-state index is 0.861. The number of rotatable bonds is 1. The average Bonchev–Trinajstić information content (AvgIpc) is 2.60. The van der Waals surface area contributed by atoms with E-state index in [2.05, 4.69) is 21.9 Å². The number of hydrogen-bond acceptors (Lipinski definition) is 3. The number of nitrogens with zero attached hydrogens (tertiary/aromatic N) is 5. The van der Waals surface area contributed by atoms with Crippen LogP contribution in [0.15, 0.2) is 17.6 Å². The third-order valence-corrected chi connectivity index (χ3v) is 2.26. The highest BCUT2D eigenvalue weighted by molar-refractivity contribution is 5.68. The molecular weight excluding hydrogens is 178 g/mol. The highest BCUT2D eigenvalue weighted by atomic mass is 15.1. The summed E-state index contributed by atoms with van der Waals surface area (Å²) < 4.78 is 3.87. The van der Waals surface area contributed by atoms with Gasteiger partial charge >= 0.3 is 0 Å². The van der Waals surface area contributed by atoms with Crippen LogP contribution in [0.5, 0.6) is 0 Å². The molecule has 0 aliphatic rings. The molecule has 0 N–H and O–H groups in total. The fourth-order valence-corrected chi connectivity index (χ4v) is 1.53.